The summed E-state index contributed by atoms with van der Waals surface area (Å²) in [5, 5.41) is 6.27. The van der Waals surface area contributed by atoms with Crippen molar-refractivity contribution >= 4 is 84.1 Å². The zero-order chi connectivity index (χ0) is 41.5. The van der Waals surface area contributed by atoms with Gasteiger partial charge in [-0.15, -0.1) is 17.9 Å². The third-order valence-corrected chi connectivity index (χ3v) is 20.7. The summed E-state index contributed by atoms with van der Waals surface area (Å²) < 4.78 is 0. The van der Waals surface area contributed by atoms with E-state index >= 15 is 0 Å². The molecule has 0 N–H and O–H groups in total. The van der Waals surface area contributed by atoms with Crippen molar-refractivity contribution in [3.63, 3.8) is 0 Å². The van der Waals surface area contributed by atoms with Gasteiger partial charge in [-0.1, -0.05) is 168 Å². The van der Waals surface area contributed by atoms with Gasteiger partial charge < -0.3 is 14.9 Å². The first-order valence-electron chi connectivity index (χ1n) is 22.4. The predicted molar refractivity (Wildman–Crippen MR) is 283 cm³/mol. The van der Waals surface area contributed by atoms with Crippen LogP contribution in [-0.4, -0.2) is 11.3 Å². The van der Waals surface area contributed by atoms with Crippen molar-refractivity contribution < 1.29 is 20.8 Å². The van der Waals surface area contributed by atoms with Crippen molar-refractivity contribution in [1.82, 2.24) is 0 Å². The van der Waals surface area contributed by atoms with Gasteiger partial charge in [-0.2, -0.15) is 0 Å². The summed E-state index contributed by atoms with van der Waals surface area (Å²) in [6.45, 7) is 9.58. The normalized spacial score (nSPS) is 26.8. The minimum atomic E-state index is -0.826. The predicted octanol–water partition coefficient (Wildman–Crippen LogP) is 15.5. The monoisotopic (exact) mass is 1000 g/mol. The van der Waals surface area contributed by atoms with Crippen LogP contribution in [-0.2, 0) is 33.7 Å². The first kappa shape index (κ1) is 51.5. The zero-order valence-corrected chi connectivity index (χ0v) is 45.9. The van der Waals surface area contributed by atoms with Crippen LogP contribution in [0.2, 0.25) is 0 Å². The van der Waals surface area contributed by atoms with Gasteiger partial charge >= 0.3 is 37.9 Å². The van der Waals surface area contributed by atoms with Crippen LogP contribution in [0.15, 0.2) is 108 Å². The summed E-state index contributed by atoms with van der Waals surface area (Å²) in [6, 6.07) is 36.9. The molecule has 4 aromatic carbocycles. The van der Waals surface area contributed by atoms with Crippen molar-refractivity contribution in [2.24, 2.45) is 35.5 Å². The first-order valence-corrected chi connectivity index (χ1v) is 34.2. The minimum absolute atomic E-state index is 0. The Labute approximate surface area is 398 Å². The van der Waals surface area contributed by atoms with E-state index < -0.39 is 28.8 Å². The van der Waals surface area contributed by atoms with E-state index in [0.717, 1.165) is 59.7 Å². The van der Waals surface area contributed by atoms with Gasteiger partial charge in [0.1, 0.15) is 0 Å². The molecular weight excluding hydrogens is 935 g/mol. The van der Waals surface area contributed by atoms with E-state index in [0.29, 0.717) is 0 Å². The molecular formula is C54H72Cl2P4Zr. The van der Waals surface area contributed by atoms with Gasteiger partial charge in [0, 0.05) is 0 Å². The maximum atomic E-state index is 4.93. The molecule has 6 aliphatic carbocycles. The van der Waals surface area contributed by atoms with Gasteiger partial charge in [-0.25, -0.2) is 0 Å². The van der Waals surface area contributed by atoms with Crippen LogP contribution in [0.5, 0.6) is 0 Å². The van der Waals surface area contributed by atoms with E-state index in [9.17, 15) is 0 Å². The SMILES string of the molecule is CC1=Cc2cccc(P(c3ccccc3)c3cccc4c3CC(C)=C4)c2C1.CC1CC2CCCC(P(c3ccccc3)C3CCCC4CC(C)CC43)C2C1.PP.[CH3-].[CH3-].[Cl][Zr+2][Cl]. The van der Waals surface area contributed by atoms with Crippen LogP contribution in [0.4, 0.5) is 0 Å². The van der Waals surface area contributed by atoms with Crippen molar-refractivity contribution in [2.45, 2.75) is 116 Å². The molecule has 0 bridgehead atoms. The van der Waals surface area contributed by atoms with Gasteiger partial charge in [0.2, 0.25) is 0 Å². The summed E-state index contributed by atoms with van der Waals surface area (Å²) in [5.41, 5.74) is 10.9. The number of benzene rings is 4. The Balaban J connectivity index is 0.000000203. The van der Waals surface area contributed by atoms with E-state index in [-0.39, 0.29) is 22.8 Å². The van der Waals surface area contributed by atoms with Crippen LogP contribution >= 0.6 is 50.7 Å². The summed E-state index contributed by atoms with van der Waals surface area (Å²) in [5.74, 6) is 6.21. The number of halogens is 2. The number of allylic oxidation sites excluding steroid dienone is 2. The number of fused-ring (bicyclic) bond motifs is 4. The van der Waals surface area contributed by atoms with E-state index in [1.54, 1.807) is 5.30 Å². The van der Waals surface area contributed by atoms with Crippen LogP contribution in [0.3, 0.4) is 0 Å². The summed E-state index contributed by atoms with van der Waals surface area (Å²) >= 11 is -0.826. The average Bonchev–Trinajstić information content (AvgIpc) is 4.04. The number of rotatable bonds is 6. The maximum absolute atomic E-state index is 4.93. The molecule has 0 saturated heterocycles. The van der Waals surface area contributed by atoms with E-state index in [4.69, 9.17) is 17.0 Å². The topological polar surface area (TPSA) is 0 Å². The Morgan fingerprint density at radius 3 is 1.38 bits per heavy atom. The Kier molecular flexibility index (Phi) is 21.0. The molecule has 10 atom stereocenters. The molecule has 0 heterocycles. The Bertz CT molecular complexity index is 1930. The number of hydrogen-bond donors (Lipinski definition) is 0. The average molecular weight is 1010 g/mol. The Hall–Kier alpha value is -0.457. The van der Waals surface area contributed by atoms with Gasteiger partial charge in [-0.05, 0) is 163 Å². The molecule has 6 aliphatic rings. The van der Waals surface area contributed by atoms with Crippen LogP contribution < -0.4 is 21.2 Å². The van der Waals surface area contributed by atoms with Crippen molar-refractivity contribution in [3.05, 3.63) is 145 Å². The van der Waals surface area contributed by atoms with Gasteiger partial charge in [0.25, 0.3) is 0 Å². The zero-order valence-electron chi connectivity index (χ0n) is 37.8. The fraction of sp³-hybridized carbons (Fsp3) is 0.444. The summed E-state index contributed by atoms with van der Waals surface area (Å²) in [4.78, 5) is 0. The second-order valence-electron chi connectivity index (χ2n) is 18.5. The molecule has 0 amide bonds. The van der Waals surface area contributed by atoms with E-state index in [1.807, 2.05) is 0 Å². The molecule has 4 fully saturated rings. The molecule has 4 saturated carbocycles. The molecule has 4 aromatic rings. The van der Waals surface area contributed by atoms with Crippen molar-refractivity contribution in [2.75, 3.05) is 0 Å². The third kappa shape index (κ3) is 12.1. The second kappa shape index (κ2) is 24.9. The third-order valence-electron chi connectivity index (χ3n) is 14.5. The summed E-state index contributed by atoms with van der Waals surface area (Å²) in [7, 11) is 14.0. The Morgan fingerprint density at radius 2 is 0.951 bits per heavy atom. The molecule has 0 spiro atoms. The van der Waals surface area contributed by atoms with Gasteiger partial charge in [-0.3, -0.25) is 0 Å². The van der Waals surface area contributed by atoms with Crippen LogP contribution in [0, 0.1) is 50.4 Å². The quantitative estimate of drug-likeness (QED) is 0.133. The van der Waals surface area contributed by atoms with E-state index in [2.05, 4.69) is 155 Å². The number of hydrogen-bond acceptors (Lipinski definition) is 0. The Morgan fingerprint density at radius 1 is 0.541 bits per heavy atom. The molecule has 61 heavy (non-hydrogen) atoms. The molecule has 0 nitrogen and oxygen atoms in total. The molecule has 0 aliphatic heterocycles. The second-order valence-corrected chi connectivity index (χ2v) is 27.0. The van der Waals surface area contributed by atoms with Crippen molar-refractivity contribution in [1.29, 1.82) is 0 Å². The fourth-order valence-corrected chi connectivity index (χ4v) is 19.4. The standard InChI is InChI=1S/C26H39P.C26H23P.2CH3.2ClH.H4P2.Zr/c2*1-18-14-20-8-6-12-25(23(20)16-18)27(22-10-4-3-5-11-22)26-13-7-9-21-15-19(2)17-24(21)26;;;;;1-2;/h3-5,10-11,18-21,23-26H,6-9,12-17H2,1-2H3;3-15H,16-17H2,1-2H3;2*1H3;2*1H;1-2H2;/q;;2*-1;;;;+4/p-2. The molecule has 326 valence electrons. The molecule has 10 unspecified atom stereocenters. The van der Waals surface area contributed by atoms with Crippen LogP contribution in [0.25, 0.3) is 12.2 Å². The molecule has 7 heteroatoms. The van der Waals surface area contributed by atoms with Crippen molar-refractivity contribution in [3.8, 4) is 0 Å². The molecule has 0 aromatic heterocycles. The van der Waals surface area contributed by atoms with Gasteiger partial charge in [0.05, 0.1) is 0 Å². The molecule has 0 radical (unpaired) electrons. The molecule has 10 rings (SSSR count). The van der Waals surface area contributed by atoms with Gasteiger partial charge in [0.15, 0.2) is 0 Å². The fourth-order valence-electron chi connectivity index (χ4n) is 12.5. The summed E-state index contributed by atoms with van der Waals surface area (Å²) in [6.07, 6.45) is 22.2. The first-order chi connectivity index (χ1) is 28.8. The van der Waals surface area contributed by atoms with E-state index in [1.165, 1.54) is 114 Å². The van der Waals surface area contributed by atoms with Crippen LogP contribution in [0.1, 0.15) is 114 Å².